The minimum Gasteiger partial charge on any atom is -0.402 e. The lowest BCUT2D eigenvalue weighted by atomic mass is 9.87. The van der Waals surface area contributed by atoms with Gasteiger partial charge in [0.05, 0.1) is 5.57 Å². The highest BCUT2D eigenvalue weighted by Crippen LogP contribution is 2.37. The van der Waals surface area contributed by atoms with Crippen LogP contribution in [0.2, 0.25) is 0 Å². The van der Waals surface area contributed by atoms with E-state index in [1.54, 1.807) is 13.8 Å². The lowest BCUT2D eigenvalue weighted by Gasteiger charge is -2.33. The molecule has 35 heavy (non-hydrogen) atoms. The number of rotatable bonds is 7. The molecule has 0 radical (unpaired) electrons. The van der Waals surface area contributed by atoms with Gasteiger partial charge in [-0.25, -0.2) is 0 Å². The third kappa shape index (κ3) is 5.77. The molecule has 1 amide bonds. The molecule has 0 spiro atoms. The Morgan fingerprint density at radius 2 is 1.86 bits per heavy atom. The second kappa shape index (κ2) is 11.1. The minimum absolute atomic E-state index is 0.113. The fourth-order valence-corrected chi connectivity index (χ4v) is 5.27. The summed E-state index contributed by atoms with van der Waals surface area (Å²) in [5.41, 5.74) is 14.6. The predicted octanol–water partition coefficient (Wildman–Crippen LogP) is 7.03. The maximum absolute atomic E-state index is 12.9. The molecule has 1 aromatic carbocycles. The minimum atomic E-state index is -0.113. The van der Waals surface area contributed by atoms with Gasteiger partial charge in [0.2, 0.25) is 0 Å². The highest BCUT2D eigenvalue weighted by atomic mass is 16.2. The Bertz CT molecular complexity index is 1190. The zero-order valence-electron chi connectivity index (χ0n) is 22.5. The van der Waals surface area contributed by atoms with Crippen LogP contribution in [0.4, 0.5) is 0 Å². The first-order valence-electron chi connectivity index (χ1n) is 12.9. The van der Waals surface area contributed by atoms with E-state index >= 15 is 0 Å². The molecule has 0 saturated carbocycles. The summed E-state index contributed by atoms with van der Waals surface area (Å²) in [6.45, 7) is 15.7. The number of benzene rings is 1. The molecule has 2 aromatic rings. The van der Waals surface area contributed by atoms with Crippen molar-refractivity contribution in [3.8, 4) is 0 Å². The van der Waals surface area contributed by atoms with Gasteiger partial charge in [0, 0.05) is 41.1 Å². The number of carbonyl (C=O) groups is 1. The first kappa shape index (κ1) is 26.5. The molecule has 2 heterocycles. The van der Waals surface area contributed by atoms with Gasteiger partial charge in [-0.15, -0.1) is 0 Å². The Balaban J connectivity index is 1.91. The summed E-state index contributed by atoms with van der Waals surface area (Å²) in [5.74, 6) is 0.698. The predicted molar refractivity (Wildman–Crippen MR) is 149 cm³/mol. The number of hydrogen-bond acceptors (Lipinski definition) is 3. The third-order valence-corrected chi connectivity index (χ3v) is 6.83. The van der Waals surface area contributed by atoms with Gasteiger partial charge in [-0.1, -0.05) is 44.6 Å². The Morgan fingerprint density at radius 3 is 2.37 bits per heavy atom. The number of carbonyl (C=O) groups excluding carboxylic acids is 1. The van der Waals surface area contributed by atoms with Crippen molar-refractivity contribution in [2.24, 2.45) is 5.73 Å². The average Bonchev–Trinajstić information content (AvgIpc) is 3.17. The van der Waals surface area contributed by atoms with Crippen molar-refractivity contribution in [2.75, 3.05) is 13.1 Å². The van der Waals surface area contributed by atoms with Gasteiger partial charge in [-0.2, -0.15) is 0 Å². The van der Waals surface area contributed by atoms with Gasteiger partial charge in [-0.3, -0.25) is 4.79 Å². The van der Waals surface area contributed by atoms with Crippen LogP contribution in [0.3, 0.4) is 0 Å². The average molecular weight is 475 g/mol. The van der Waals surface area contributed by atoms with E-state index in [0.29, 0.717) is 36.2 Å². The topological polar surface area (TPSA) is 86.0 Å². The van der Waals surface area contributed by atoms with Crippen LogP contribution in [0.5, 0.6) is 0 Å². The summed E-state index contributed by atoms with van der Waals surface area (Å²) in [6.07, 6.45) is 7.40. The van der Waals surface area contributed by atoms with Gasteiger partial charge >= 0.3 is 0 Å². The van der Waals surface area contributed by atoms with E-state index in [0.717, 1.165) is 19.3 Å². The van der Waals surface area contributed by atoms with Crippen LogP contribution in [0.1, 0.15) is 96.4 Å². The molecule has 5 nitrogen and oxygen atoms in total. The second-order valence-electron chi connectivity index (χ2n) is 10.4. The normalized spacial score (nSPS) is 16.0. The zero-order valence-corrected chi connectivity index (χ0v) is 22.5. The Hall–Kier alpha value is -3.08. The van der Waals surface area contributed by atoms with E-state index < -0.39 is 0 Å². The highest BCUT2D eigenvalue weighted by molar-refractivity contribution is 6.20. The van der Waals surface area contributed by atoms with Gasteiger partial charge in [-0.05, 0) is 87.6 Å². The molecule has 3 rings (SSSR count). The zero-order chi connectivity index (χ0) is 25.9. The van der Waals surface area contributed by atoms with E-state index in [4.69, 9.17) is 11.1 Å². The second-order valence-corrected chi connectivity index (χ2v) is 10.4. The van der Waals surface area contributed by atoms with Crippen molar-refractivity contribution in [3.05, 3.63) is 64.0 Å². The maximum Gasteiger partial charge on any atom is 0.257 e. The van der Waals surface area contributed by atoms with Crippen LogP contribution >= 0.6 is 0 Å². The van der Waals surface area contributed by atoms with Crippen molar-refractivity contribution < 1.29 is 4.79 Å². The molecule has 1 aliphatic rings. The van der Waals surface area contributed by atoms with Crippen molar-refractivity contribution in [1.29, 1.82) is 5.41 Å². The maximum atomic E-state index is 12.9. The van der Waals surface area contributed by atoms with Crippen LogP contribution < -0.4 is 5.73 Å². The Morgan fingerprint density at radius 1 is 1.20 bits per heavy atom. The van der Waals surface area contributed by atoms with Crippen molar-refractivity contribution in [1.82, 2.24) is 9.88 Å². The first-order chi connectivity index (χ1) is 16.5. The van der Waals surface area contributed by atoms with Crippen LogP contribution in [-0.2, 0) is 4.79 Å². The van der Waals surface area contributed by atoms with Gasteiger partial charge in [0.15, 0.2) is 0 Å². The van der Waals surface area contributed by atoms with Crippen LogP contribution in [0.25, 0.3) is 16.5 Å². The standard InChI is InChI=1S/C30H42N4O/c1-8-9-24(16-18(2)3)29-27(19(4)5)25-17-23(10-11-26(25)33-29)22-12-14-34(15-13-22)30(35)28(20(6)31)21(7)32/h9-11,16-17,19,22,31,33H,8,12-15,32H2,1-7H3/b24-9+,28-21+,31-20?. The molecule has 0 atom stereocenters. The number of piperidine rings is 1. The molecule has 4 N–H and O–H groups in total. The smallest absolute Gasteiger partial charge is 0.257 e. The molecular weight excluding hydrogens is 432 g/mol. The molecule has 5 heteroatoms. The fourth-order valence-electron chi connectivity index (χ4n) is 5.27. The van der Waals surface area contributed by atoms with E-state index in [-0.39, 0.29) is 11.6 Å². The Labute approximate surface area is 210 Å². The summed E-state index contributed by atoms with van der Waals surface area (Å²) in [6, 6.07) is 6.84. The van der Waals surface area contributed by atoms with Crippen molar-refractivity contribution in [3.63, 3.8) is 0 Å². The van der Waals surface area contributed by atoms with Crippen LogP contribution in [-0.4, -0.2) is 34.6 Å². The molecule has 0 bridgehead atoms. The fraction of sp³-hybridized carbons (Fsp3) is 0.467. The SMILES string of the molecule is CC/C=C(\C=C(C)C)c1[nH]c2ccc(C3CCN(C(=O)/C(C(C)=N)=C(\C)N)CC3)cc2c1C(C)C. The molecule has 0 aliphatic carbocycles. The molecule has 1 fully saturated rings. The number of nitrogens with one attached hydrogen (secondary N) is 2. The van der Waals surface area contributed by atoms with Gasteiger partial charge in [0.1, 0.15) is 0 Å². The molecule has 1 aromatic heterocycles. The Kier molecular flexibility index (Phi) is 8.42. The largest absolute Gasteiger partial charge is 0.402 e. The van der Waals surface area contributed by atoms with E-state index in [1.807, 2.05) is 4.90 Å². The number of allylic oxidation sites excluding steroid dienone is 5. The van der Waals surface area contributed by atoms with Gasteiger partial charge in [0.25, 0.3) is 5.91 Å². The summed E-state index contributed by atoms with van der Waals surface area (Å²) in [4.78, 5) is 18.5. The number of aromatic amines is 1. The van der Waals surface area contributed by atoms with Crippen LogP contribution in [0.15, 0.2) is 47.2 Å². The number of amides is 1. The van der Waals surface area contributed by atoms with E-state index in [1.165, 1.54) is 38.9 Å². The highest BCUT2D eigenvalue weighted by Gasteiger charge is 2.28. The number of fused-ring (bicyclic) bond motifs is 1. The number of H-pyrrole nitrogens is 1. The summed E-state index contributed by atoms with van der Waals surface area (Å²) < 4.78 is 0. The quantitative estimate of drug-likeness (QED) is 0.229. The number of nitrogens with zero attached hydrogens (tertiary/aromatic N) is 1. The van der Waals surface area contributed by atoms with E-state index in [2.05, 4.69) is 70.0 Å². The molecule has 188 valence electrons. The van der Waals surface area contributed by atoms with Crippen LogP contribution in [0, 0.1) is 5.41 Å². The number of aromatic nitrogens is 1. The number of nitrogens with two attached hydrogens (primary N) is 1. The summed E-state index contributed by atoms with van der Waals surface area (Å²) in [5, 5.41) is 9.24. The lowest BCUT2D eigenvalue weighted by Crippen LogP contribution is -2.40. The number of likely N-dealkylation sites (tertiary alicyclic amines) is 1. The van der Waals surface area contributed by atoms with Crippen molar-refractivity contribution >= 4 is 28.1 Å². The lowest BCUT2D eigenvalue weighted by molar-refractivity contribution is -0.127. The summed E-state index contributed by atoms with van der Waals surface area (Å²) in [7, 11) is 0. The first-order valence-corrected chi connectivity index (χ1v) is 12.9. The van der Waals surface area contributed by atoms with Crippen molar-refractivity contribution in [2.45, 2.75) is 79.6 Å². The molecule has 1 saturated heterocycles. The molecular formula is C30H42N4O. The molecule has 1 aliphatic heterocycles. The summed E-state index contributed by atoms with van der Waals surface area (Å²) >= 11 is 0. The third-order valence-electron chi connectivity index (χ3n) is 6.83. The van der Waals surface area contributed by atoms with Gasteiger partial charge < -0.3 is 21.0 Å². The molecule has 0 unspecified atom stereocenters. The van der Waals surface area contributed by atoms with E-state index in [9.17, 15) is 4.79 Å². The monoisotopic (exact) mass is 474 g/mol. The number of hydrogen-bond donors (Lipinski definition) is 3.